The largest absolute Gasteiger partial charge is 0.264 e. The van der Waals surface area contributed by atoms with Gasteiger partial charge in [-0.1, -0.05) is 6.07 Å². The first-order chi connectivity index (χ1) is 11.3. The van der Waals surface area contributed by atoms with Gasteiger partial charge in [-0.05, 0) is 36.8 Å². The molecule has 0 aliphatic carbocycles. The summed E-state index contributed by atoms with van der Waals surface area (Å²) < 4.78 is 1.87. The summed E-state index contributed by atoms with van der Waals surface area (Å²) in [5, 5.41) is 4.51. The fraction of sp³-hybridized carbons (Fsp3) is 0.111. The molecule has 4 aromatic rings. The molecule has 0 radical (unpaired) electrons. The second-order valence-electron chi connectivity index (χ2n) is 5.46. The van der Waals surface area contributed by atoms with Crippen LogP contribution in [0.15, 0.2) is 61.3 Å². The molecule has 5 heteroatoms. The number of aryl methyl sites for hydroxylation is 1. The number of hydrogen-bond donors (Lipinski definition) is 0. The number of rotatable bonds is 3. The molecule has 4 aromatic heterocycles. The summed E-state index contributed by atoms with van der Waals surface area (Å²) in [6.07, 6.45) is 9.96. The Morgan fingerprint density at radius 1 is 0.957 bits per heavy atom. The van der Waals surface area contributed by atoms with Gasteiger partial charge in [0.1, 0.15) is 0 Å². The van der Waals surface area contributed by atoms with Gasteiger partial charge in [0.2, 0.25) is 0 Å². The SMILES string of the molecule is Cc1ccc(Cc2cnn3c(-c4cccnc4)ccnc23)cn1. The molecule has 0 saturated heterocycles. The summed E-state index contributed by atoms with van der Waals surface area (Å²) in [6.45, 7) is 1.99. The fourth-order valence-corrected chi connectivity index (χ4v) is 2.62. The zero-order valence-electron chi connectivity index (χ0n) is 12.7. The summed E-state index contributed by atoms with van der Waals surface area (Å²) in [4.78, 5) is 13.0. The van der Waals surface area contributed by atoms with E-state index in [-0.39, 0.29) is 0 Å². The van der Waals surface area contributed by atoms with Gasteiger partial charge in [0.15, 0.2) is 5.65 Å². The van der Waals surface area contributed by atoms with Gasteiger partial charge in [-0.3, -0.25) is 9.97 Å². The lowest BCUT2D eigenvalue weighted by molar-refractivity contribution is 0.946. The van der Waals surface area contributed by atoms with Crippen LogP contribution in [0, 0.1) is 6.92 Å². The molecule has 0 bridgehead atoms. The Balaban J connectivity index is 1.77. The molecule has 0 aliphatic heterocycles. The van der Waals surface area contributed by atoms with Crippen molar-refractivity contribution in [3.05, 3.63) is 78.1 Å². The zero-order chi connectivity index (χ0) is 15.6. The van der Waals surface area contributed by atoms with Crippen molar-refractivity contribution in [3.63, 3.8) is 0 Å². The summed E-state index contributed by atoms with van der Waals surface area (Å²) >= 11 is 0. The second kappa shape index (κ2) is 5.61. The molecule has 4 heterocycles. The first-order valence-corrected chi connectivity index (χ1v) is 7.45. The van der Waals surface area contributed by atoms with Crippen LogP contribution in [0.2, 0.25) is 0 Å². The summed E-state index contributed by atoms with van der Waals surface area (Å²) in [6, 6.07) is 10.0. The van der Waals surface area contributed by atoms with Gasteiger partial charge in [-0.15, -0.1) is 0 Å². The van der Waals surface area contributed by atoms with Gasteiger partial charge in [0, 0.05) is 48.0 Å². The highest BCUT2D eigenvalue weighted by molar-refractivity contribution is 5.63. The third-order valence-corrected chi connectivity index (χ3v) is 3.80. The third kappa shape index (κ3) is 2.57. The van der Waals surface area contributed by atoms with Crippen LogP contribution in [0.4, 0.5) is 0 Å². The maximum absolute atomic E-state index is 4.51. The third-order valence-electron chi connectivity index (χ3n) is 3.80. The van der Waals surface area contributed by atoms with E-state index in [9.17, 15) is 0 Å². The van der Waals surface area contributed by atoms with Crippen molar-refractivity contribution >= 4 is 5.65 Å². The van der Waals surface area contributed by atoms with E-state index in [4.69, 9.17) is 0 Å². The fourth-order valence-electron chi connectivity index (χ4n) is 2.62. The Bertz CT molecular complexity index is 942. The highest BCUT2D eigenvalue weighted by Gasteiger charge is 2.10. The van der Waals surface area contributed by atoms with E-state index >= 15 is 0 Å². The van der Waals surface area contributed by atoms with Crippen LogP contribution >= 0.6 is 0 Å². The van der Waals surface area contributed by atoms with Crippen molar-refractivity contribution in [2.75, 3.05) is 0 Å². The van der Waals surface area contributed by atoms with E-state index in [1.165, 1.54) is 0 Å². The molecule has 0 fully saturated rings. The van der Waals surface area contributed by atoms with Gasteiger partial charge in [0.25, 0.3) is 0 Å². The van der Waals surface area contributed by atoms with Gasteiger partial charge in [-0.25, -0.2) is 9.50 Å². The van der Waals surface area contributed by atoms with Gasteiger partial charge >= 0.3 is 0 Å². The highest BCUT2D eigenvalue weighted by atomic mass is 15.3. The number of pyridine rings is 2. The lowest BCUT2D eigenvalue weighted by Gasteiger charge is -2.04. The molecular weight excluding hydrogens is 286 g/mol. The molecule has 112 valence electrons. The first-order valence-electron chi connectivity index (χ1n) is 7.45. The summed E-state index contributed by atoms with van der Waals surface area (Å²) in [7, 11) is 0. The Hall–Kier alpha value is -3.08. The number of nitrogens with zero attached hydrogens (tertiary/aromatic N) is 5. The quantitative estimate of drug-likeness (QED) is 0.583. The Morgan fingerprint density at radius 3 is 2.70 bits per heavy atom. The van der Waals surface area contributed by atoms with E-state index in [1.807, 2.05) is 60.5 Å². The molecular formula is C18H15N5. The number of fused-ring (bicyclic) bond motifs is 1. The van der Waals surface area contributed by atoms with Crippen molar-refractivity contribution in [2.24, 2.45) is 0 Å². The predicted molar refractivity (Wildman–Crippen MR) is 88.0 cm³/mol. The van der Waals surface area contributed by atoms with Crippen LogP contribution in [0.3, 0.4) is 0 Å². The monoisotopic (exact) mass is 301 g/mol. The van der Waals surface area contributed by atoms with Crippen molar-refractivity contribution in [1.82, 2.24) is 24.6 Å². The molecule has 0 aliphatic rings. The zero-order valence-corrected chi connectivity index (χ0v) is 12.7. The molecule has 0 atom stereocenters. The number of aromatic nitrogens is 5. The van der Waals surface area contributed by atoms with Crippen molar-refractivity contribution in [1.29, 1.82) is 0 Å². The predicted octanol–water partition coefficient (Wildman–Crippen LogP) is 3.09. The van der Waals surface area contributed by atoms with Crippen LogP contribution in [-0.4, -0.2) is 24.6 Å². The molecule has 4 rings (SSSR count). The Morgan fingerprint density at radius 2 is 1.91 bits per heavy atom. The van der Waals surface area contributed by atoms with E-state index < -0.39 is 0 Å². The molecule has 0 N–H and O–H groups in total. The Labute approximate surface area is 133 Å². The average molecular weight is 301 g/mol. The molecule has 0 aromatic carbocycles. The van der Waals surface area contributed by atoms with E-state index in [0.717, 1.165) is 40.1 Å². The van der Waals surface area contributed by atoms with Gasteiger partial charge in [-0.2, -0.15) is 5.10 Å². The standard InChI is InChI=1S/C18H15N5/c1-13-4-5-14(10-21-13)9-16-12-22-23-17(6-8-20-18(16)23)15-3-2-7-19-11-15/h2-8,10-12H,9H2,1H3. The van der Waals surface area contributed by atoms with Crippen molar-refractivity contribution in [2.45, 2.75) is 13.3 Å². The lowest BCUT2D eigenvalue weighted by atomic mass is 10.1. The smallest absolute Gasteiger partial charge is 0.159 e. The normalized spacial score (nSPS) is 11.0. The summed E-state index contributed by atoms with van der Waals surface area (Å²) in [5.41, 5.74) is 6.13. The highest BCUT2D eigenvalue weighted by Crippen LogP contribution is 2.21. The Kier molecular flexibility index (Phi) is 3.31. The van der Waals surface area contributed by atoms with Crippen molar-refractivity contribution in [3.8, 4) is 11.3 Å². The lowest BCUT2D eigenvalue weighted by Crippen LogP contribution is -1.97. The number of hydrogen-bond acceptors (Lipinski definition) is 4. The van der Waals surface area contributed by atoms with E-state index in [1.54, 1.807) is 6.20 Å². The van der Waals surface area contributed by atoms with Crippen LogP contribution < -0.4 is 0 Å². The van der Waals surface area contributed by atoms with Crippen LogP contribution in [0.1, 0.15) is 16.8 Å². The van der Waals surface area contributed by atoms with Crippen LogP contribution in [0.5, 0.6) is 0 Å². The topological polar surface area (TPSA) is 56.0 Å². The molecule has 0 saturated carbocycles. The van der Waals surface area contributed by atoms with Gasteiger partial charge in [0.05, 0.1) is 11.9 Å². The average Bonchev–Trinajstić information content (AvgIpc) is 3.01. The van der Waals surface area contributed by atoms with Crippen LogP contribution in [0.25, 0.3) is 16.9 Å². The molecule has 23 heavy (non-hydrogen) atoms. The van der Waals surface area contributed by atoms with E-state index in [2.05, 4.69) is 26.1 Å². The maximum atomic E-state index is 4.51. The molecule has 0 unspecified atom stereocenters. The molecule has 0 spiro atoms. The minimum Gasteiger partial charge on any atom is -0.264 e. The van der Waals surface area contributed by atoms with E-state index in [0.29, 0.717) is 0 Å². The minimum atomic E-state index is 0.764. The molecule has 0 amide bonds. The second-order valence-corrected chi connectivity index (χ2v) is 5.46. The van der Waals surface area contributed by atoms with Gasteiger partial charge < -0.3 is 0 Å². The summed E-state index contributed by atoms with van der Waals surface area (Å²) in [5.74, 6) is 0. The first kappa shape index (κ1) is 13.6. The maximum Gasteiger partial charge on any atom is 0.159 e. The van der Waals surface area contributed by atoms with Crippen LogP contribution in [-0.2, 0) is 6.42 Å². The van der Waals surface area contributed by atoms with Crippen molar-refractivity contribution < 1.29 is 0 Å². The minimum absolute atomic E-state index is 0.764. The molecule has 5 nitrogen and oxygen atoms in total.